The van der Waals surface area contributed by atoms with Gasteiger partial charge in [0.25, 0.3) is 0 Å². The number of ether oxygens (including phenoxy) is 1. The molecule has 2 aromatic rings. The molecule has 0 aliphatic heterocycles. The molecule has 0 atom stereocenters. The molecule has 2 aromatic heterocycles. The zero-order valence-corrected chi connectivity index (χ0v) is 16.8. The topological polar surface area (TPSA) is 106 Å². The maximum absolute atomic E-state index is 11.8. The molecule has 1 aliphatic carbocycles. The van der Waals surface area contributed by atoms with Gasteiger partial charge in [-0.25, -0.2) is 14.6 Å². The number of carbonyl (C=O) groups excluding carboxylic acids is 1. The van der Waals surface area contributed by atoms with E-state index >= 15 is 0 Å². The number of halogens is 1. The number of amides is 1. The normalized spacial score (nSPS) is 12.9. The molecule has 0 bridgehead atoms. The average Bonchev–Trinajstić information content (AvgIpc) is 2.96. The fourth-order valence-electron chi connectivity index (χ4n) is 3.22. The van der Waals surface area contributed by atoms with Gasteiger partial charge in [-0.3, -0.25) is 4.68 Å². The number of aromatic carboxylic acids is 1. The van der Waals surface area contributed by atoms with E-state index in [1.165, 1.54) is 4.68 Å². The van der Waals surface area contributed by atoms with Gasteiger partial charge < -0.3 is 15.2 Å². The predicted octanol–water partition coefficient (Wildman–Crippen LogP) is 3.31. The molecule has 0 spiro atoms. The highest BCUT2D eigenvalue weighted by Crippen LogP contribution is 2.35. The van der Waals surface area contributed by atoms with E-state index in [9.17, 15) is 14.7 Å². The summed E-state index contributed by atoms with van der Waals surface area (Å²) in [5, 5.41) is 17.2. The summed E-state index contributed by atoms with van der Waals surface area (Å²) in [5.41, 5.74) is 2.81. The van der Waals surface area contributed by atoms with Crippen molar-refractivity contribution in [3.05, 3.63) is 34.2 Å². The van der Waals surface area contributed by atoms with Crippen molar-refractivity contribution in [3.63, 3.8) is 0 Å². The Morgan fingerprint density at radius 2 is 2.11 bits per heavy atom. The molecule has 1 aliphatic rings. The number of carboxylic acid groups (broad SMARTS) is 1. The Hall–Kier alpha value is -2.61. The quantitative estimate of drug-likeness (QED) is 0.582. The van der Waals surface area contributed by atoms with E-state index in [0.29, 0.717) is 48.8 Å². The molecule has 28 heavy (non-hydrogen) atoms. The monoisotopic (exact) mass is 406 g/mol. The Morgan fingerprint density at radius 3 is 2.79 bits per heavy atom. The van der Waals surface area contributed by atoms with Crippen molar-refractivity contribution in [1.82, 2.24) is 20.1 Å². The second-order valence-electron chi connectivity index (χ2n) is 7.65. The third kappa shape index (κ3) is 4.44. The van der Waals surface area contributed by atoms with E-state index in [1.54, 1.807) is 33.0 Å². The third-order valence-electron chi connectivity index (χ3n) is 4.32. The summed E-state index contributed by atoms with van der Waals surface area (Å²) in [6.07, 6.45) is 3.01. The molecule has 2 N–H and O–H groups in total. The van der Waals surface area contributed by atoms with Crippen LogP contribution < -0.4 is 5.32 Å². The van der Waals surface area contributed by atoms with Crippen LogP contribution in [0.15, 0.2) is 12.3 Å². The molecule has 3 rings (SSSR count). The number of rotatable bonds is 5. The lowest BCUT2D eigenvalue weighted by atomic mass is 9.90. The second-order valence-corrected chi connectivity index (χ2v) is 8.04. The highest BCUT2D eigenvalue weighted by Gasteiger charge is 2.28. The van der Waals surface area contributed by atoms with Crippen LogP contribution in [0.1, 0.15) is 48.8 Å². The molecule has 0 saturated carbocycles. The first-order valence-corrected chi connectivity index (χ1v) is 9.48. The van der Waals surface area contributed by atoms with Crippen molar-refractivity contribution in [2.75, 3.05) is 6.54 Å². The number of alkyl carbamates (subject to hydrolysis) is 1. The number of nitrogens with zero attached hydrogens (tertiary/aromatic N) is 3. The SMILES string of the molecule is CC(C)(C)OC(=O)NCCCn1nc2c(c1C(=O)O)CCc1cnc(Cl)cc1-2. The minimum atomic E-state index is -1.02. The van der Waals surface area contributed by atoms with Crippen LogP contribution in [0.2, 0.25) is 5.15 Å². The van der Waals surface area contributed by atoms with Gasteiger partial charge in [0.2, 0.25) is 0 Å². The van der Waals surface area contributed by atoms with Gasteiger partial charge in [0.05, 0.1) is 5.69 Å². The molecule has 2 heterocycles. The maximum atomic E-state index is 11.8. The first-order valence-electron chi connectivity index (χ1n) is 9.10. The lowest BCUT2D eigenvalue weighted by molar-refractivity contribution is 0.0524. The van der Waals surface area contributed by atoms with Gasteiger partial charge in [-0.05, 0) is 51.7 Å². The summed E-state index contributed by atoms with van der Waals surface area (Å²) < 4.78 is 6.68. The van der Waals surface area contributed by atoms with Crippen LogP contribution in [0, 0.1) is 0 Å². The third-order valence-corrected chi connectivity index (χ3v) is 4.53. The number of aryl methyl sites for hydroxylation is 2. The van der Waals surface area contributed by atoms with Crippen molar-refractivity contribution in [1.29, 1.82) is 0 Å². The Balaban J connectivity index is 1.74. The number of carbonyl (C=O) groups is 2. The smallest absolute Gasteiger partial charge is 0.407 e. The standard InChI is InChI=1S/C19H23ClN4O4/c1-19(2,3)28-18(27)21-7-4-8-24-16(17(25)26)12-6-5-11-10-22-14(20)9-13(11)15(12)23-24/h9-10H,4-8H2,1-3H3,(H,21,27)(H,25,26). The first-order chi connectivity index (χ1) is 13.2. The van der Waals surface area contributed by atoms with E-state index in [0.717, 1.165) is 11.1 Å². The van der Waals surface area contributed by atoms with Gasteiger partial charge in [-0.1, -0.05) is 11.6 Å². The molecular weight excluding hydrogens is 384 g/mol. The highest BCUT2D eigenvalue weighted by atomic mass is 35.5. The lowest BCUT2D eigenvalue weighted by Gasteiger charge is -2.19. The number of pyridine rings is 1. The van der Waals surface area contributed by atoms with Gasteiger partial charge in [-0.2, -0.15) is 5.10 Å². The summed E-state index contributed by atoms with van der Waals surface area (Å²) in [7, 11) is 0. The van der Waals surface area contributed by atoms with Crippen LogP contribution in [0.5, 0.6) is 0 Å². The number of hydrogen-bond donors (Lipinski definition) is 2. The van der Waals surface area contributed by atoms with Gasteiger partial charge in [0.15, 0.2) is 0 Å². The molecule has 0 saturated heterocycles. The Morgan fingerprint density at radius 1 is 1.36 bits per heavy atom. The van der Waals surface area contributed by atoms with Crippen LogP contribution in [-0.4, -0.2) is 44.1 Å². The molecule has 9 heteroatoms. The number of hydrogen-bond acceptors (Lipinski definition) is 5. The van der Waals surface area contributed by atoms with E-state index in [2.05, 4.69) is 15.4 Å². The summed E-state index contributed by atoms with van der Waals surface area (Å²) in [6.45, 7) is 6.09. The molecule has 1 amide bonds. The fraction of sp³-hybridized carbons (Fsp3) is 0.474. The van der Waals surface area contributed by atoms with Crippen LogP contribution in [0.25, 0.3) is 11.3 Å². The van der Waals surface area contributed by atoms with Crippen molar-refractivity contribution >= 4 is 23.7 Å². The van der Waals surface area contributed by atoms with Crippen molar-refractivity contribution < 1.29 is 19.4 Å². The molecule has 0 aromatic carbocycles. The molecule has 150 valence electrons. The summed E-state index contributed by atoms with van der Waals surface area (Å²) in [6, 6.07) is 1.72. The molecule has 0 radical (unpaired) electrons. The van der Waals surface area contributed by atoms with Crippen molar-refractivity contribution in [2.24, 2.45) is 0 Å². The minimum absolute atomic E-state index is 0.186. The number of nitrogens with one attached hydrogen (secondary N) is 1. The lowest BCUT2D eigenvalue weighted by Crippen LogP contribution is -2.33. The molecule has 0 fully saturated rings. The first kappa shape index (κ1) is 20.1. The fourth-order valence-corrected chi connectivity index (χ4v) is 3.38. The van der Waals surface area contributed by atoms with Crippen LogP contribution in [0.4, 0.5) is 4.79 Å². The zero-order chi connectivity index (χ0) is 20.5. The van der Waals surface area contributed by atoms with Gasteiger partial charge in [0, 0.05) is 30.4 Å². The van der Waals surface area contributed by atoms with Gasteiger partial charge >= 0.3 is 12.1 Å². The summed E-state index contributed by atoms with van der Waals surface area (Å²) in [4.78, 5) is 27.6. The van der Waals surface area contributed by atoms with E-state index in [1.807, 2.05) is 0 Å². The highest BCUT2D eigenvalue weighted by molar-refractivity contribution is 6.29. The zero-order valence-electron chi connectivity index (χ0n) is 16.1. The van der Waals surface area contributed by atoms with Crippen molar-refractivity contribution in [2.45, 2.75) is 52.2 Å². The van der Waals surface area contributed by atoms with E-state index in [4.69, 9.17) is 16.3 Å². The Kier molecular flexibility index (Phi) is 5.60. The number of fused-ring (bicyclic) bond motifs is 3. The van der Waals surface area contributed by atoms with Crippen LogP contribution in [0.3, 0.4) is 0 Å². The molecule has 0 unspecified atom stereocenters. The minimum Gasteiger partial charge on any atom is -0.477 e. The molecule has 8 nitrogen and oxygen atoms in total. The Labute approximate surface area is 167 Å². The van der Waals surface area contributed by atoms with Crippen LogP contribution >= 0.6 is 11.6 Å². The summed E-state index contributed by atoms with van der Waals surface area (Å²) >= 11 is 6.02. The summed E-state index contributed by atoms with van der Waals surface area (Å²) in [5.74, 6) is -1.02. The number of aromatic nitrogens is 3. The predicted molar refractivity (Wildman–Crippen MR) is 104 cm³/mol. The van der Waals surface area contributed by atoms with E-state index < -0.39 is 17.7 Å². The van der Waals surface area contributed by atoms with Gasteiger partial charge in [0.1, 0.15) is 16.4 Å². The average molecular weight is 407 g/mol. The second kappa shape index (κ2) is 7.79. The van der Waals surface area contributed by atoms with Gasteiger partial charge in [-0.15, -0.1) is 0 Å². The number of carboxylic acids is 1. The van der Waals surface area contributed by atoms with E-state index in [-0.39, 0.29) is 5.69 Å². The largest absolute Gasteiger partial charge is 0.477 e. The maximum Gasteiger partial charge on any atom is 0.407 e. The van der Waals surface area contributed by atoms with Crippen LogP contribution in [-0.2, 0) is 24.1 Å². The Bertz CT molecular complexity index is 917. The van der Waals surface area contributed by atoms with Crippen molar-refractivity contribution in [3.8, 4) is 11.3 Å². The molecular formula is C19H23ClN4O4.